The van der Waals surface area contributed by atoms with E-state index >= 15 is 0 Å². The summed E-state index contributed by atoms with van der Waals surface area (Å²) in [5, 5.41) is 7.47. The Kier molecular flexibility index (Phi) is 5.04. The van der Waals surface area contributed by atoms with Crippen LogP contribution in [-0.2, 0) is 13.5 Å². The molecule has 1 heterocycles. The van der Waals surface area contributed by atoms with Crippen molar-refractivity contribution in [1.82, 2.24) is 9.78 Å². The fourth-order valence-corrected chi connectivity index (χ4v) is 2.33. The third-order valence-corrected chi connectivity index (χ3v) is 3.67. The lowest BCUT2D eigenvalue weighted by molar-refractivity contribution is 0.415. The zero-order chi connectivity index (χ0) is 16.1. The van der Waals surface area contributed by atoms with Gasteiger partial charge in [0, 0.05) is 25.0 Å². The Labute approximate surface area is 131 Å². The number of hydrogen-bond donors (Lipinski definition) is 2. The molecule has 0 saturated carbocycles. The molecule has 3 N–H and O–H groups in total. The fourth-order valence-electron chi connectivity index (χ4n) is 2.33. The molecule has 0 atom stereocenters. The van der Waals surface area contributed by atoms with Crippen molar-refractivity contribution in [2.24, 2.45) is 17.8 Å². The summed E-state index contributed by atoms with van der Waals surface area (Å²) in [5.74, 6) is 1.22. The third kappa shape index (κ3) is 3.78. The molecule has 0 amide bonds. The Morgan fingerprint density at radius 1 is 1.32 bits per heavy atom. The minimum absolute atomic E-state index is 0.407. The van der Waals surface area contributed by atoms with Crippen molar-refractivity contribution in [3.8, 4) is 5.75 Å². The van der Waals surface area contributed by atoms with E-state index in [0.29, 0.717) is 12.5 Å². The molecule has 1 aromatic heterocycles. The zero-order valence-corrected chi connectivity index (χ0v) is 13.6. The highest BCUT2D eigenvalue weighted by Crippen LogP contribution is 2.15. The predicted octanol–water partition coefficient (Wildman–Crippen LogP) is 2.01. The molecule has 0 bridgehead atoms. The molecule has 0 aliphatic carbocycles. The average Bonchev–Trinajstić information content (AvgIpc) is 2.74. The standard InChI is InChI=1S/C16H23N5O/c1-11-15(12(2)21(3)20-11)9-10-18-16(17)19-13-5-7-14(22-4)8-6-13/h5-8H,9-10H2,1-4H3,(H3,17,18,19). The fraction of sp³-hybridized carbons (Fsp3) is 0.375. The summed E-state index contributed by atoms with van der Waals surface area (Å²) < 4.78 is 7.01. The number of nitrogens with one attached hydrogen (secondary N) is 1. The number of nitrogens with zero attached hydrogens (tertiary/aromatic N) is 3. The number of ether oxygens (including phenoxy) is 1. The summed E-state index contributed by atoms with van der Waals surface area (Å²) in [6.07, 6.45) is 0.830. The molecule has 2 rings (SSSR count). The lowest BCUT2D eigenvalue weighted by Gasteiger charge is -2.07. The molecule has 2 aromatic rings. The van der Waals surface area contributed by atoms with Gasteiger partial charge in [-0.1, -0.05) is 0 Å². The van der Waals surface area contributed by atoms with Gasteiger partial charge in [0.1, 0.15) is 5.75 Å². The first-order valence-electron chi connectivity index (χ1n) is 7.21. The Bertz CT molecular complexity index is 658. The molecular weight excluding hydrogens is 278 g/mol. The Balaban J connectivity index is 1.92. The molecule has 118 valence electrons. The Morgan fingerprint density at radius 2 is 2.00 bits per heavy atom. The van der Waals surface area contributed by atoms with Crippen LogP contribution >= 0.6 is 0 Å². The maximum atomic E-state index is 5.91. The second-order valence-corrected chi connectivity index (χ2v) is 5.14. The number of guanidine groups is 1. The quantitative estimate of drug-likeness (QED) is 0.654. The molecule has 0 spiro atoms. The van der Waals surface area contributed by atoms with Crippen LogP contribution in [0.3, 0.4) is 0 Å². The van der Waals surface area contributed by atoms with Crippen molar-refractivity contribution in [1.29, 1.82) is 0 Å². The summed E-state index contributed by atoms with van der Waals surface area (Å²) in [7, 11) is 3.59. The SMILES string of the molecule is COc1ccc(NC(N)=NCCc2c(C)nn(C)c2C)cc1. The van der Waals surface area contributed by atoms with Crippen molar-refractivity contribution in [2.75, 3.05) is 19.0 Å². The predicted molar refractivity (Wildman–Crippen MR) is 89.5 cm³/mol. The van der Waals surface area contributed by atoms with E-state index in [2.05, 4.69) is 22.3 Å². The van der Waals surface area contributed by atoms with Crippen molar-refractivity contribution >= 4 is 11.6 Å². The summed E-state index contributed by atoms with van der Waals surface area (Å²) in [5.41, 5.74) is 10.3. The maximum Gasteiger partial charge on any atom is 0.193 e. The molecule has 6 heteroatoms. The first-order chi connectivity index (χ1) is 10.5. The number of benzene rings is 1. The number of nitrogens with two attached hydrogens (primary N) is 1. The van der Waals surface area contributed by atoms with Gasteiger partial charge < -0.3 is 15.8 Å². The number of anilines is 1. The second-order valence-electron chi connectivity index (χ2n) is 5.14. The number of methoxy groups -OCH3 is 1. The van der Waals surface area contributed by atoms with Gasteiger partial charge in [-0.2, -0.15) is 5.10 Å². The molecule has 0 radical (unpaired) electrons. The van der Waals surface area contributed by atoms with Crippen molar-refractivity contribution in [3.05, 3.63) is 41.2 Å². The number of aryl methyl sites for hydroxylation is 2. The van der Waals surface area contributed by atoms with Crippen LogP contribution in [-0.4, -0.2) is 29.4 Å². The highest BCUT2D eigenvalue weighted by molar-refractivity contribution is 5.92. The molecule has 6 nitrogen and oxygen atoms in total. The van der Waals surface area contributed by atoms with Gasteiger partial charge >= 0.3 is 0 Å². The normalized spacial score (nSPS) is 11.5. The summed E-state index contributed by atoms with van der Waals surface area (Å²) in [6, 6.07) is 7.54. The topological polar surface area (TPSA) is 77.5 Å². The van der Waals surface area contributed by atoms with E-state index in [1.165, 1.54) is 11.3 Å². The van der Waals surface area contributed by atoms with Crippen LogP contribution < -0.4 is 15.8 Å². The van der Waals surface area contributed by atoms with Gasteiger partial charge in [0.15, 0.2) is 5.96 Å². The minimum Gasteiger partial charge on any atom is -0.497 e. The maximum absolute atomic E-state index is 5.91. The van der Waals surface area contributed by atoms with Crippen LogP contribution in [0.4, 0.5) is 5.69 Å². The third-order valence-electron chi connectivity index (χ3n) is 3.67. The van der Waals surface area contributed by atoms with Gasteiger partial charge in [0.25, 0.3) is 0 Å². The number of hydrogen-bond acceptors (Lipinski definition) is 3. The number of aliphatic imine (C=N–C) groups is 1. The zero-order valence-electron chi connectivity index (χ0n) is 13.6. The van der Waals surface area contributed by atoms with Gasteiger partial charge in [-0.15, -0.1) is 0 Å². The molecule has 0 aliphatic rings. The molecule has 0 saturated heterocycles. The second kappa shape index (κ2) is 6.98. The Hall–Kier alpha value is -2.50. The van der Waals surface area contributed by atoms with Gasteiger partial charge in [-0.05, 0) is 50.1 Å². The van der Waals surface area contributed by atoms with E-state index in [4.69, 9.17) is 10.5 Å². The van der Waals surface area contributed by atoms with Crippen LogP contribution in [0.2, 0.25) is 0 Å². The van der Waals surface area contributed by atoms with Crippen molar-refractivity contribution in [3.63, 3.8) is 0 Å². The summed E-state index contributed by atoms with van der Waals surface area (Å²) in [6.45, 7) is 4.71. The monoisotopic (exact) mass is 301 g/mol. The smallest absolute Gasteiger partial charge is 0.193 e. The molecule has 1 aromatic carbocycles. The van der Waals surface area contributed by atoms with E-state index in [1.807, 2.05) is 42.9 Å². The highest BCUT2D eigenvalue weighted by Gasteiger charge is 2.08. The van der Waals surface area contributed by atoms with Gasteiger partial charge in [-0.3, -0.25) is 9.67 Å². The molecule has 0 aliphatic heterocycles. The molecular formula is C16H23N5O. The van der Waals surface area contributed by atoms with Crippen LogP contribution in [0.1, 0.15) is 17.0 Å². The minimum atomic E-state index is 0.407. The first kappa shape index (κ1) is 15.9. The molecule has 22 heavy (non-hydrogen) atoms. The van der Waals surface area contributed by atoms with E-state index in [-0.39, 0.29) is 0 Å². The molecule has 0 unspecified atom stereocenters. The van der Waals surface area contributed by atoms with E-state index in [9.17, 15) is 0 Å². The lowest BCUT2D eigenvalue weighted by Crippen LogP contribution is -2.23. The van der Waals surface area contributed by atoms with Crippen molar-refractivity contribution < 1.29 is 4.74 Å². The van der Waals surface area contributed by atoms with Crippen LogP contribution in [0, 0.1) is 13.8 Å². The largest absolute Gasteiger partial charge is 0.497 e. The lowest BCUT2D eigenvalue weighted by atomic mass is 10.1. The van der Waals surface area contributed by atoms with Crippen molar-refractivity contribution in [2.45, 2.75) is 20.3 Å². The van der Waals surface area contributed by atoms with E-state index in [1.54, 1.807) is 7.11 Å². The highest BCUT2D eigenvalue weighted by atomic mass is 16.5. The number of aromatic nitrogens is 2. The van der Waals surface area contributed by atoms with Gasteiger partial charge in [-0.25, -0.2) is 0 Å². The van der Waals surface area contributed by atoms with E-state index < -0.39 is 0 Å². The van der Waals surface area contributed by atoms with Crippen LogP contribution in [0.15, 0.2) is 29.3 Å². The first-order valence-corrected chi connectivity index (χ1v) is 7.21. The molecule has 0 fully saturated rings. The van der Waals surface area contributed by atoms with Crippen LogP contribution in [0.25, 0.3) is 0 Å². The summed E-state index contributed by atoms with van der Waals surface area (Å²) in [4.78, 5) is 4.36. The Morgan fingerprint density at radius 3 is 2.55 bits per heavy atom. The number of rotatable bonds is 5. The van der Waals surface area contributed by atoms with Gasteiger partial charge in [0.05, 0.1) is 12.8 Å². The summed E-state index contributed by atoms with van der Waals surface area (Å²) >= 11 is 0. The van der Waals surface area contributed by atoms with Crippen LogP contribution in [0.5, 0.6) is 5.75 Å². The van der Waals surface area contributed by atoms with E-state index in [0.717, 1.165) is 23.6 Å². The van der Waals surface area contributed by atoms with Gasteiger partial charge in [0.2, 0.25) is 0 Å². The average molecular weight is 301 g/mol.